The maximum atomic E-state index is 5.47. The Hall–Kier alpha value is -2.58. The Bertz CT molecular complexity index is 1060. The summed E-state index contributed by atoms with van der Waals surface area (Å²) in [4.78, 5) is 0. The molecule has 0 aliphatic carbocycles. The Kier molecular flexibility index (Phi) is 3.22. The van der Waals surface area contributed by atoms with Crippen molar-refractivity contribution >= 4 is 21.8 Å². The van der Waals surface area contributed by atoms with Gasteiger partial charge in [0.15, 0.2) is 0 Å². The van der Waals surface area contributed by atoms with Gasteiger partial charge in [-0.3, -0.25) is 0 Å². The van der Waals surface area contributed by atoms with Gasteiger partial charge in [0, 0.05) is 33.8 Å². The molecular formula is C23H21NO. The van der Waals surface area contributed by atoms with Crippen molar-refractivity contribution in [1.29, 1.82) is 0 Å². The molecule has 2 heteroatoms. The molecule has 0 bridgehead atoms. The summed E-state index contributed by atoms with van der Waals surface area (Å²) >= 11 is 0. The van der Waals surface area contributed by atoms with E-state index in [0.717, 1.165) is 19.8 Å². The molecule has 124 valence electrons. The molecular weight excluding hydrogens is 306 g/mol. The van der Waals surface area contributed by atoms with Crippen LogP contribution in [0.2, 0.25) is 0 Å². The van der Waals surface area contributed by atoms with E-state index in [2.05, 4.69) is 84.3 Å². The lowest BCUT2D eigenvalue weighted by atomic mass is 9.88. The fraction of sp³-hybridized carbons (Fsp3) is 0.217. The van der Waals surface area contributed by atoms with Crippen molar-refractivity contribution < 1.29 is 4.74 Å². The number of ether oxygens (including phenoxy) is 1. The zero-order chi connectivity index (χ0) is 16.9. The molecule has 3 aromatic carbocycles. The molecule has 1 saturated heterocycles. The summed E-state index contributed by atoms with van der Waals surface area (Å²) in [6.07, 6.45) is 0. The van der Waals surface area contributed by atoms with Crippen LogP contribution in [0.3, 0.4) is 0 Å². The highest BCUT2D eigenvalue weighted by Gasteiger charge is 2.34. The highest BCUT2D eigenvalue weighted by atomic mass is 16.5. The molecule has 2 nitrogen and oxygen atoms in total. The second kappa shape index (κ2) is 5.47. The van der Waals surface area contributed by atoms with E-state index in [9.17, 15) is 0 Å². The first-order chi connectivity index (χ1) is 12.2. The van der Waals surface area contributed by atoms with Gasteiger partial charge in [0.25, 0.3) is 0 Å². The van der Waals surface area contributed by atoms with Crippen molar-refractivity contribution in [2.45, 2.75) is 13.5 Å². The molecule has 0 N–H and O–H groups in total. The second-order valence-electron chi connectivity index (χ2n) is 7.50. The zero-order valence-corrected chi connectivity index (χ0v) is 14.4. The van der Waals surface area contributed by atoms with E-state index in [1.165, 1.54) is 32.9 Å². The summed E-state index contributed by atoms with van der Waals surface area (Å²) in [6, 6.07) is 26.2. The molecule has 1 fully saturated rings. The summed E-state index contributed by atoms with van der Waals surface area (Å²) in [6.45, 7) is 5.02. The maximum absolute atomic E-state index is 5.47. The molecule has 1 aliphatic heterocycles. The van der Waals surface area contributed by atoms with Gasteiger partial charge in [-0.1, -0.05) is 61.5 Å². The molecule has 1 aliphatic rings. The standard InChI is InChI=1S/C23H21NO/c1-23(15-25-16-23)14-24-21-10-6-5-9-19(21)20-13-18(11-12-22(20)24)17-7-3-2-4-8-17/h2-13H,14-16H2,1H3. The molecule has 0 unspecified atom stereocenters. The molecule has 1 aromatic heterocycles. The number of nitrogens with zero attached hydrogens (tertiary/aromatic N) is 1. The van der Waals surface area contributed by atoms with E-state index in [-0.39, 0.29) is 5.41 Å². The Labute approximate surface area is 147 Å². The number of hydrogen-bond donors (Lipinski definition) is 0. The van der Waals surface area contributed by atoms with Gasteiger partial charge in [0.05, 0.1) is 13.2 Å². The fourth-order valence-corrected chi connectivity index (χ4v) is 3.96. The summed E-state index contributed by atoms with van der Waals surface area (Å²) < 4.78 is 7.95. The van der Waals surface area contributed by atoms with E-state index < -0.39 is 0 Å². The Morgan fingerprint density at radius 1 is 0.800 bits per heavy atom. The van der Waals surface area contributed by atoms with Crippen molar-refractivity contribution in [1.82, 2.24) is 4.57 Å². The van der Waals surface area contributed by atoms with Gasteiger partial charge < -0.3 is 9.30 Å². The average Bonchev–Trinajstić information content (AvgIpc) is 2.95. The first kappa shape index (κ1) is 14.7. The van der Waals surface area contributed by atoms with Crippen molar-refractivity contribution in [3.8, 4) is 11.1 Å². The second-order valence-corrected chi connectivity index (χ2v) is 7.50. The Morgan fingerprint density at radius 3 is 2.28 bits per heavy atom. The van der Waals surface area contributed by atoms with Crippen LogP contribution in [-0.2, 0) is 11.3 Å². The van der Waals surface area contributed by atoms with E-state index in [4.69, 9.17) is 4.74 Å². The lowest BCUT2D eigenvalue weighted by Gasteiger charge is -2.38. The van der Waals surface area contributed by atoms with Crippen LogP contribution in [0.15, 0.2) is 72.8 Å². The Balaban J connectivity index is 1.73. The van der Waals surface area contributed by atoms with E-state index in [1.54, 1.807) is 0 Å². The molecule has 0 atom stereocenters. The minimum atomic E-state index is 0.243. The first-order valence-corrected chi connectivity index (χ1v) is 8.88. The van der Waals surface area contributed by atoms with Gasteiger partial charge in [-0.25, -0.2) is 0 Å². The number of para-hydroxylation sites is 1. The van der Waals surface area contributed by atoms with Crippen LogP contribution in [0, 0.1) is 5.41 Å². The highest BCUT2D eigenvalue weighted by molar-refractivity contribution is 6.09. The van der Waals surface area contributed by atoms with Crippen molar-refractivity contribution in [3.63, 3.8) is 0 Å². The summed E-state index contributed by atoms with van der Waals surface area (Å²) in [5.74, 6) is 0. The van der Waals surface area contributed by atoms with Crippen LogP contribution in [0.5, 0.6) is 0 Å². The average molecular weight is 327 g/mol. The van der Waals surface area contributed by atoms with Crippen LogP contribution < -0.4 is 0 Å². The minimum Gasteiger partial charge on any atom is -0.380 e. The Morgan fingerprint density at radius 2 is 1.52 bits per heavy atom. The zero-order valence-electron chi connectivity index (χ0n) is 14.4. The quantitative estimate of drug-likeness (QED) is 0.485. The van der Waals surface area contributed by atoms with Crippen LogP contribution in [-0.4, -0.2) is 17.8 Å². The molecule has 5 rings (SSSR count). The third-order valence-corrected chi connectivity index (χ3v) is 5.32. The predicted octanol–water partition coefficient (Wildman–Crippen LogP) is 5.50. The van der Waals surface area contributed by atoms with E-state index >= 15 is 0 Å². The molecule has 0 radical (unpaired) electrons. The topological polar surface area (TPSA) is 14.2 Å². The number of hydrogen-bond acceptors (Lipinski definition) is 1. The summed E-state index contributed by atoms with van der Waals surface area (Å²) in [7, 11) is 0. The molecule has 2 heterocycles. The lowest BCUT2D eigenvalue weighted by molar-refractivity contribution is -0.109. The smallest absolute Gasteiger partial charge is 0.0559 e. The van der Waals surface area contributed by atoms with Gasteiger partial charge in [0.1, 0.15) is 0 Å². The van der Waals surface area contributed by atoms with Crippen LogP contribution in [0.25, 0.3) is 32.9 Å². The van der Waals surface area contributed by atoms with Gasteiger partial charge in [-0.05, 0) is 29.3 Å². The van der Waals surface area contributed by atoms with Crippen molar-refractivity contribution in [2.24, 2.45) is 5.41 Å². The predicted molar refractivity (Wildman–Crippen MR) is 104 cm³/mol. The van der Waals surface area contributed by atoms with Crippen LogP contribution in [0.1, 0.15) is 6.92 Å². The highest BCUT2D eigenvalue weighted by Crippen LogP contribution is 2.36. The monoisotopic (exact) mass is 327 g/mol. The lowest BCUT2D eigenvalue weighted by Crippen LogP contribution is -2.43. The van der Waals surface area contributed by atoms with Gasteiger partial charge in [-0.2, -0.15) is 0 Å². The van der Waals surface area contributed by atoms with Gasteiger partial charge in [0.2, 0.25) is 0 Å². The normalized spacial score (nSPS) is 16.2. The SMILES string of the molecule is CC1(Cn2c3ccccc3c3cc(-c4ccccc4)ccc32)COC1. The number of aromatic nitrogens is 1. The van der Waals surface area contributed by atoms with Crippen LogP contribution >= 0.6 is 0 Å². The summed E-state index contributed by atoms with van der Waals surface area (Å²) in [5, 5.41) is 2.67. The maximum Gasteiger partial charge on any atom is 0.0559 e. The first-order valence-electron chi connectivity index (χ1n) is 8.88. The molecule has 25 heavy (non-hydrogen) atoms. The van der Waals surface area contributed by atoms with Crippen molar-refractivity contribution in [2.75, 3.05) is 13.2 Å². The molecule has 0 amide bonds. The molecule has 4 aromatic rings. The fourth-order valence-electron chi connectivity index (χ4n) is 3.96. The molecule has 0 saturated carbocycles. The molecule has 0 spiro atoms. The van der Waals surface area contributed by atoms with Gasteiger partial charge in [-0.15, -0.1) is 0 Å². The van der Waals surface area contributed by atoms with E-state index in [1.807, 2.05) is 0 Å². The van der Waals surface area contributed by atoms with E-state index in [0.29, 0.717) is 0 Å². The number of benzene rings is 3. The number of fused-ring (bicyclic) bond motifs is 3. The third-order valence-electron chi connectivity index (χ3n) is 5.32. The minimum absolute atomic E-state index is 0.243. The number of rotatable bonds is 3. The van der Waals surface area contributed by atoms with Crippen LogP contribution in [0.4, 0.5) is 0 Å². The van der Waals surface area contributed by atoms with Gasteiger partial charge >= 0.3 is 0 Å². The van der Waals surface area contributed by atoms with Crippen molar-refractivity contribution in [3.05, 3.63) is 72.8 Å². The largest absolute Gasteiger partial charge is 0.380 e. The third kappa shape index (κ3) is 2.37. The summed E-state index contributed by atoms with van der Waals surface area (Å²) in [5.41, 5.74) is 5.41.